The van der Waals surface area contributed by atoms with Crippen molar-refractivity contribution in [3.8, 4) is 5.75 Å². The average molecular weight is 543 g/mol. The van der Waals surface area contributed by atoms with Crippen LogP contribution in [0, 0.1) is 0 Å². The lowest BCUT2D eigenvalue weighted by Crippen LogP contribution is -2.35. The van der Waals surface area contributed by atoms with Gasteiger partial charge in [-0.15, -0.1) is 0 Å². The molecular weight excluding hydrogens is 502 g/mol. The SMILES string of the molecule is O=C(COc1c(C2CCCCC2)cc(C2CCCCC2)cc1C1CCCCC1)OCC(F)(F)S(=O)(=O)O. The first-order valence-electron chi connectivity index (χ1n) is 14.0. The van der Waals surface area contributed by atoms with E-state index in [4.69, 9.17) is 9.29 Å². The molecule has 1 aromatic rings. The molecule has 3 aliphatic carbocycles. The summed E-state index contributed by atoms with van der Waals surface area (Å²) >= 11 is 0. The van der Waals surface area contributed by atoms with Crippen LogP contribution in [0.25, 0.3) is 0 Å². The van der Waals surface area contributed by atoms with E-state index in [9.17, 15) is 22.0 Å². The first kappa shape index (κ1) is 28.3. The molecule has 1 N–H and O–H groups in total. The van der Waals surface area contributed by atoms with Crippen molar-refractivity contribution in [2.75, 3.05) is 13.2 Å². The topological polar surface area (TPSA) is 89.9 Å². The molecular formula is C28H40F2O6S. The average Bonchev–Trinajstić information content (AvgIpc) is 2.91. The van der Waals surface area contributed by atoms with Crippen molar-refractivity contribution in [3.63, 3.8) is 0 Å². The van der Waals surface area contributed by atoms with Crippen molar-refractivity contribution >= 4 is 16.1 Å². The standard InChI is InChI=1S/C28H40F2O6S/c29-28(30,37(32,33)34)19-36-26(31)18-35-27-24(21-12-6-2-7-13-21)16-23(20-10-4-1-5-11-20)17-25(27)22-14-8-3-9-15-22/h16-17,20-22H,1-15,18-19H2,(H,32,33,34). The predicted molar refractivity (Wildman–Crippen MR) is 137 cm³/mol. The van der Waals surface area contributed by atoms with Gasteiger partial charge in [0, 0.05) is 0 Å². The lowest BCUT2D eigenvalue weighted by molar-refractivity contribution is -0.152. The predicted octanol–water partition coefficient (Wildman–Crippen LogP) is 7.23. The fourth-order valence-corrected chi connectivity index (χ4v) is 6.59. The maximum atomic E-state index is 13.5. The minimum Gasteiger partial charge on any atom is -0.481 e. The van der Waals surface area contributed by atoms with Crippen LogP contribution in [0.3, 0.4) is 0 Å². The van der Waals surface area contributed by atoms with Gasteiger partial charge in [0.25, 0.3) is 0 Å². The Balaban J connectivity index is 1.62. The molecule has 0 heterocycles. The van der Waals surface area contributed by atoms with Gasteiger partial charge in [-0.1, -0.05) is 69.9 Å². The fourth-order valence-electron chi connectivity index (χ4n) is 6.38. The summed E-state index contributed by atoms with van der Waals surface area (Å²) in [5.41, 5.74) is 3.61. The van der Waals surface area contributed by atoms with E-state index in [0.717, 1.165) is 62.5 Å². The molecule has 0 bridgehead atoms. The Morgan fingerprint density at radius 1 is 0.811 bits per heavy atom. The molecule has 1 aromatic carbocycles. The van der Waals surface area contributed by atoms with Crippen LogP contribution in [0.1, 0.15) is 131 Å². The normalized spacial score (nSPS) is 21.1. The highest BCUT2D eigenvalue weighted by Crippen LogP contribution is 2.47. The molecule has 208 valence electrons. The molecule has 37 heavy (non-hydrogen) atoms. The quantitative estimate of drug-likeness (QED) is 0.261. The maximum Gasteiger partial charge on any atom is 0.402 e. The van der Waals surface area contributed by atoms with E-state index < -0.39 is 34.6 Å². The Morgan fingerprint density at radius 2 is 1.24 bits per heavy atom. The Morgan fingerprint density at radius 3 is 1.68 bits per heavy atom. The summed E-state index contributed by atoms with van der Waals surface area (Å²) in [4.78, 5) is 12.3. The lowest BCUT2D eigenvalue weighted by atomic mass is 9.75. The first-order valence-corrected chi connectivity index (χ1v) is 15.4. The number of rotatable bonds is 9. The molecule has 0 atom stereocenters. The molecule has 0 amide bonds. The molecule has 0 radical (unpaired) electrons. The van der Waals surface area contributed by atoms with Gasteiger partial charge in [0.15, 0.2) is 13.2 Å². The van der Waals surface area contributed by atoms with Gasteiger partial charge >= 0.3 is 21.3 Å². The number of alkyl halides is 2. The molecule has 9 heteroatoms. The summed E-state index contributed by atoms with van der Waals surface area (Å²) in [6.07, 6.45) is 17.3. The smallest absolute Gasteiger partial charge is 0.402 e. The van der Waals surface area contributed by atoms with Crippen molar-refractivity contribution < 1.29 is 36.0 Å². The van der Waals surface area contributed by atoms with E-state index in [1.165, 1.54) is 50.5 Å². The molecule has 0 aromatic heterocycles. The van der Waals surface area contributed by atoms with Gasteiger partial charge in [-0.3, -0.25) is 4.55 Å². The number of esters is 1. The summed E-state index contributed by atoms with van der Waals surface area (Å²) in [6.45, 7) is -2.34. The fraction of sp³-hybridized carbons (Fsp3) is 0.750. The number of carbonyl (C=O) groups is 1. The Bertz CT molecular complexity index is 984. The van der Waals surface area contributed by atoms with Crippen LogP contribution < -0.4 is 4.74 Å². The molecule has 0 unspecified atom stereocenters. The molecule has 3 aliphatic rings. The highest BCUT2D eigenvalue weighted by molar-refractivity contribution is 7.86. The van der Waals surface area contributed by atoms with Gasteiger partial charge in [-0.25, -0.2) is 4.79 Å². The zero-order valence-electron chi connectivity index (χ0n) is 21.6. The van der Waals surface area contributed by atoms with Gasteiger partial charge in [-0.05, 0) is 73.0 Å². The number of hydrogen-bond donors (Lipinski definition) is 1. The minimum atomic E-state index is -5.67. The molecule has 3 saturated carbocycles. The van der Waals surface area contributed by atoms with Crippen LogP contribution in [0.2, 0.25) is 0 Å². The second-order valence-corrected chi connectivity index (χ2v) is 12.6. The van der Waals surface area contributed by atoms with Crippen LogP contribution in [0.4, 0.5) is 8.78 Å². The van der Waals surface area contributed by atoms with Crippen LogP contribution in [0.5, 0.6) is 5.75 Å². The summed E-state index contributed by atoms with van der Waals surface area (Å²) in [5.74, 6) is 0.782. The third-order valence-corrected chi connectivity index (χ3v) is 9.32. The van der Waals surface area contributed by atoms with Crippen LogP contribution >= 0.6 is 0 Å². The van der Waals surface area contributed by atoms with Crippen molar-refractivity contribution in [3.05, 3.63) is 28.8 Å². The van der Waals surface area contributed by atoms with E-state index in [1.807, 2.05) is 0 Å². The van der Waals surface area contributed by atoms with Crippen LogP contribution in [-0.4, -0.2) is 37.4 Å². The number of benzene rings is 1. The van der Waals surface area contributed by atoms with Gasteiger partial charge in [-0.2, -0.15) is 17.2 Å². The summed E-state index contributed by atoms with van der Waals surface area (Å²) < 4.78 is 68.0. The number of hydrogen-bond acceptors (Lipinski definition) is 5. The second-order valence-electron chi connectivity index (χ2n) is 11.1. The molecule has 3 fully saturated rings. The molecule has 4 rings (SSSR count). The summed E-state index contributed by atoms with van der Waals surface area (Å²) in [6, 6.07) is 4.57. The summed E-state index contributed by atoms with van der Waals surface area (Å²) in [7, 11) is -5.67. The lowest BCUT2D eigenvalue weighted by Gasteiger charge is -2.32. The highest BCUT2D eigenvalue weighted by atomic mass is 32.2. The molecule has 0 aliphatic heterocycles. The van der Waals surface area contributed by atoms with Crippen molar-refractivity contribution in [1.29, 1.82) is 0 Å². The highest BCUT2D eigenvalue weighted by Gasteiger charge is 2.45. The van der Waals surface area contributed by atoms with Crippen LogP contribution in [0.15, 0.2) is 12.1 Å². The molecule has 0 saturated heterocycles. The van der Waals surface area contributed by atoms with Gasteiger partial charge in [0.2, 0.25) is 0 Å². The molecule has 6 nitrogen and oxygen atoms in total. The zero-order chi connectivity index (χ0) is 26.5. The van der Waals surface area contributed by atoms with Gasteiger partial charge in [0.1, 0.15) is 5.75 Å². The van der Waals surface area contributed by atoms with E-state index in [1.54, 1.807) is 0 Å². The van der Waals surface area contributed by atoms with Gasteiger partial charge in [0.05, 0.1) is 0 Å². The van der Waals surface area contributed by atoms with E-state index in [0.29, 0.717) is 23.5 Å². The Hall–Kier alpha value is -1.74. The van der Waals surface area contributed by atoms with E-state index in [2.05, 4.69) is 16.9 Å². The summed E-state index contributed by atoms with van der Waals surface area (Å²) in [5, 5.41) is -4.56. The second kappa shape index (κ2) is 12.4. The van der Waals surface area contributed by atoms with Crippen LogP contribution in [-0.2, 0) is 19.6 Å². The zero-order valence-corrected chi connectivity index (χ0v) is 22.4. The largest absolute Gasteiger partial charge is 0.481 e. The minimum absolute atomic E-state index is 0.328. The van der Waals surface area contributed by atoms with Crippen molar-refractivity contribution in [2.24, 2.45) is 0 Å². The van der Waals surface area contributed by atoms with E-state index >= 15 is 0 Å². The number of carbonyl (C=O) groups excluding carboxylic acids is 1. The Labute approximate surface area is 219 Å². The van der Waals surface area contributed by atoms with Gasteiger partial charge < -0.3 is 9.47 Å². The van der Waals surface area contributed by atoms with Crippen molar-refractivity contribution in [2.45, 2.75) is 119 Å². The third-order valence-electron chi connectivity index (χ3n) is 8.45. The number of ether oxygens (including phenoxy) is 2. The van der Waals surface area contributed by atoms with E-state index in [-0.39, 0.29) is 0 Å². The first-order chi connectivity index (χ1) is 17.7. The molecule has 0 spiro atoms. The Kier molecular flexibility index (Phi) is 9.48. The van der Waals surface area contributed by atoms with Crippen molar-refractivity contribution in [1.82, 2.24) is 0 Å². The maximum absolute atomic E-state index is 13.5. The third kappa shape index (κ3) is 7.22. The monoisotopic (exact) mass is 542 g/mol. The number of halogens is 2.